The van der Waals surface area contributed by atoms with Crippen LogP contribution in [0.25, 0.3) is 0 Å². The molecule has 3 heteroatoms. The van der Waals surface area contributed by atoms with E-state index in [2.05, 4.69) is 20.1 Å². The summed E-state index contributed by atoms with van der Waals surface area (Å²) in [7, 11) is 9.81. The smallest absolute Gasteiger partial charge is 0.309 e. The molecule has 1 unspecified atom stereocenters. The van der Waals surface area contributed by atoms with Crippen molar-refractivity contribution in [1.82, 2.24) is 0 Å². The normalized spacial score (nSPS) is 10.3. The van der Waals surface area contributed by atoms with Gasteiger partial charge in [-0.15, -0.1) is 6.58 Å². The van der Waals surface area contributed by atoms with E-state index in [-0.39, 0.29) is 0 Å². The van der Waals surface area contributed by atoms with Gasteiger partial charge in [-0.25, -0.2) is 0 Å². The molecule has 1 radical (unpaired) electrons. The zero-order chi connectivity index (χ0) is 9.98. The van der Waals surface area contributed by atoms with E-state index in [4.69, 9.17) is 18.1 Å². The highest BCUT2D eigenvalue weighted by Gasteiger charge is 1.98. The summed E-state index contributed by atoms with van der Waals surface area (Å²) < 4.78 is 0. The molecule has 0 N–H and O–H groups in total. The Morgan fingerprint density at radius 3 is 2.25 bits per heavy atom. The second-order valence-corrected chi connectivity index (χ2v) is 5.14. The summed E-state index contributed by atoms with van der Waals surface area (Å²) in [6, 6.07) is 0. The highest BCUT2D eigenvalue weighted by atomic mass is 35.6. The molecule has 0 spiro atoms. The lowest BCUT2D eigenvalue weighted by atomic mass is 9.99. The second-order valence-electron chi connectivity index (χ2n) is 2.51. The lowest BCUT2D eigenvalue weighted by molar-refractivity contribution is 0.683. The summed E-state index contributed by atoms with van der Waals surface area (Å²) in [4.78, 5) is 0. The van der Waals surface area contributed by atoms with Crippen LogP contribution in [0, 0.1) is 12.8 Å². The van der Waals surface area contributed by atoms with E-state index in [0.717, 1.165) is 18.4 Å². The maximum absolute atomic E-state index is 4.90. The first-order valence-corrected chi connectivity index (χ1v) is 8.09. The van der Waals surface area contributed by atoms with Crippen LogP contribution < -0.4 is 0 Å². The van der Waals surface area contributed by atoms with Gasteiger partial charge in [-0.1, -0.05) is 18.2 Å². The van der Waals surface area contributed by atoms with Crippen molar-refractivity contribution in [1.29, 1.82) is 0 Å². The maximum Gasteiger partial charge on any atom is 0.618 e. The molecule has 0 aromatic carbocycles. The van der Waals surface area contributed by atoms with E-state index in [1.807, 2.05) is 13.0 Å². The van der Waals surface area contributed by atoms with Gasteiger partial charge >= 0.3 is 18.2 Å². The molecular formula is C9H15Cl2Mg. The quantitative estimate of drug-likeness (QED) is 0.495. The molecular weight excluding hydrogens is 203 g/mol. The Hall–Kier alpha value is 0.826. The van der Waals surface area contributed by atoms with Crippen molar-refractivity contribution in [2.24, 2.45) is 5.92 Å². The predicted octanol–water partition coefficient (Wildman–Crippen LogP) is 3.98. The molecule has 0 saturated carbocycles. The SMILES string of the molecule is [CH2]C(CCC=C)C(=C)C.[Cl][Mg][Cl]. The third kappa shape index (κ3) is 13.4. The summed E-state index contributed by atoms with van der Waals surface area (Å²) in [5.74, 6) is 0.406. The average Bonchev–Trinajstić information content (AvgIpc) is 2.01. The molecule has 0 aromatic heterocycles. The number of halogens is 2. The number of hydrogen-bond acceptors (Lipinski definition) is 0. The Morgan fingerprint density at radius 2 is 2.00 bits per heavy atom. The van der Waals surface area contributed by atoms with Gasteiger partial charge in [0.15, 0.2) is 0 Å². The van der Waals surface area contributed by atoms with Gasteiger partial charge in [-0.2, -0.15) is 0 Å². The Labute approximate surface area is 93.3 Å². The van der Waals surface area contributed by atoms with E-state index in [1.54, 1.807) is 0 Å². The lowest BCUT2D eigenvalue weighted by Gasteiger charge is -2.07. The van der Waals surface area contributed by atoms with Crippen molar-refractivity contribution in [2.75, 3.05) is 0 Å². The molecule has 0 saturated heterocycles. The summed E-state index contributed by atoms with van der Waals surface area (Å²) in [5.41, 5.74) is 1.16. The first-order valence-electron chi connectivity index (χ1n) is 3.81. The highest BCUT2D eigenvalue weighted by Crippen LogP contribution is 2.12. The van der Waals surface area contributed by atoms with Crippen LogP contribution in [0.4, 0.5) is 0 Å². The van der Waals surface area contributed by atoms with Gasteiger partial charge in [0.25, 0.3) is 0 Å². The maximum atomic E-state index is 4.90. The minimum atomic E-state index is -0.639. The van der Waals surface area contributed by atoms with Crippen molar-refractivity contribution >= 4 is 36.3 Å². The highest BCUT2D eigenvalue weighted by molar-refractivity contribution is 7.22. The molecule has 0 rings (SSSR count). The zero-order valence-corrected chi connectivity index (χ0v) is 10.6. The molecule has 0 aliphatic carbocycles. The molecule has 0 heterocycles. The number of hydrogen-bond donors (Lipinski definition) is 0. The van der Waals surface area contributed by atoms with Crippen molar-refractivity contribution < 1.29 is 0 Å². The largest absolute Gasteiger partial charge is 0.618 e. The van der Waals surface area contributed by atoms with Crippen molar-refractivity contribution in [3.63, 3.8) is 0 Å². The first-order chi connectivity index (χ1) is 5.59. The van der Waals surface area contributed by atoms with Crippen LogP contribution in [0.2, 0.25) is 0 Å². The molecule has 1 atom stereocenters. The van der Waals surface area contributed by atoms with E-state index in [9.17, 15) is 0 Å². The Bertz CT molecular complexity index is 124. The summed E-state index contributed by atoms with van der Waals surface area (Å²) in [6.07, 6.45) is 4.04. The van der Waals surface area contributed by atoms with Crippen LogP contribution in [0.15, 0.2) is 24.8 Å². The van der Waals surface area contributed by atoms with Crippen LogP contribution in [0.5, 0.6) is 0 Å². The molecule has 0 aliphatic rings. The molecule has 0 aromatic rings. The fourth-order valence-corrected chi connectivity index (χ4v) is 0.565. The Kier molecular flexibility index (Phi) is 15.1. The molecule has 0 amide bonds. The van der Waals surface area contributed by atoms with Gasteiger partial charge in [0.05, 0.1) is 0 Å². The number of rotatable bonds is 4. The molecule has 0 aliphatic heterocycles. The van der Waals surface area contributed by atoms with Crippen LogP contribution in [-0.4, -0.2) is 18.2 Å². The first kappa shape index (κ1) is 15.3. The Balaban J connectivity index is 0. The third-order valence-electron chi connectivity index (χ3n) is 1.42. The van der Waals surface area contributed by atoms with Crippen LogP contribution >= 0.6 is 18.1 Å². The van der Waals surface area contributed by atoms with Gasteiger partial charge in [0.1, 0.15) is 0 Å². The van der Waals surface area contributed by atoms with Crippen LogP contribution in [0.3, 0.4) is 0 Å². The van der Waals surface area contributed by atoms with Gasteiger partial charge in [0, 0.05) is 0 Å². The second kappa shape index (κ2) is 11.8. The molecule has 12 heavy (non-hydrogen) atoms. The van der Waals surface area contributed by atoms with Gasteiger partial charge in [0.2, 0.25) is 0 Å². The molecule has 67 valence electrons. The standard InChI is InChI=1S/C9H15.2ClH.Mg/c1-5-6-7-9(4)8(2)3;;;/h5,9H,1-2,4,6-7H2,3H3;2*1H;/q;;;+2/p-2. The van der Waals surface area contributed by atoms with E-state index in [0.29, 0.717) is 5.92 Å². The third-order valence-corrected chi connectivity index (χ3v) is 1.42. The lowest BCUT2D eigenvalue weighted by Crippen LogP contribution is -1.93. The van der Waals surface area contributed by atoms with Gasteiger partial charge < -0.3 is 18.1 Å². The molecule has 0 nitrogen and oxygen atoms in total. The fraction of sp³-hybridized carbons (Fsp3) is 0.444. The minimum absolute atomic E-state index is 0.406. The minimum Gasteiger partial charge on any atom is -0.309 e. The molecule has 0 bridgehead atoms. The summed E-state index contributed by atoms with van der Waals surface area (Å²) in [5, 5.41) is 0. The van der Waals surface area contributed by atoms with Crippen molar-refractivity contribution in [3.05, 3.63) is 31.7 Å². The van der Waals surface area contributed by atoms with E-state index >= 15 is 0 Å². The van der Waals surface area contributed by atoms with Crippen molar-refractivity contribution in [2.45, 2.75) is 19.8 Å². The number of allylic oxidation sites excluding steroid dienone is 2. The Morgan fingerprint density at radius 1 is 1.58 bits per heavy atom. The van der Waals surface area contributed by atoms with Gasteiger partial charge in [-0.05, 0) is 32.6 Å². The van der Waals surface area contributed by atoms with Crippen LogP contribution in [0.1, 0.15) is 19.8 Å². The predicted molar refractivity (Wildman–Crippen MR) is 60.6 cm³/mol. The summed E-state index contributed by atoms with van der Waals surface area (Å²) >= 11 is -0.639. The fourth-order valence-electron chi connectivity index (χ4n) is 0.565. The average molecular weight is 218 g/mol. The zero-order valence-electron chi connectivity index (χ0n) is 7.65. The summed E-state index contributed by atoms with van der Waals surface area (Å²) in [6.45, 7) is 13.4. The van der Waals surface area contributed by atoms with Crippen molar-refractivity contribution in [3.8, 4) is 0 Å². The monoisotopic (exact) mass is 217 g/mol. The van der Waals surface area contributed by atoms with Crippen LogP contribution in [-0.2, 0) is 0 Å². The molecule has 0 fully saturated rings. The van der Waals surface area contributed by atoms with E-state index < -0.39 is 18.2 Å². The van der Waals surface area contributed by atoms with Gasteiger partial charge in [-0.3, -0.25) is 0 Å². The topological polar surface area (TPSA) is 0 Å². The van der Waals surface area contributed by atoms with E-state index in [1.165, 1.54) is 0 Å².